The maximum atomic E-state index is 9.67. The molecule has 1 aliphatic rings. The summed E-state index contributed by atoms with van der Waals surface area (Å²) in [4.78, 5) is 0. The summed E-state index contributed by atoms with van der Waals surface area (Å²) >= 11 is 6.09. The summed E-state index contributed by atoms with van der Waals surface area (Å²) in [7, 11) is 0. The number of rotatable bonds is 0. The maximum Gasteiger partial charge on any atom is 0.0711 e. The Kier molecular flexibility index (Phi) is 2.75. The van der Waals surface area contributed by atoms with E-state index in [2.05, 4.69) is 27.7 Å². The first-order chi connectivity index (χ1) is 5.36. The van der Waals surface area contributed by atoms with Gasteiger partial charge >= 0.3 is 0 Å². The van der Waals surface area contributed by atoms with Crippen LogP contribution < -0.4 is 0 Å². The summed E-state index contributed by atoms with van der Waals surface area (Å²) in [5.41, 5.74) is 0.226. The Hall–Kier alpha value is 0.250. The summed E-state index contributed by atoms with van der Waals surface area (Å²) < 4.78 is 0. The third kappa shape index (κ3) is 1.62. The molecule has 4 unspecified atom stereocenters. The third-order valence-corrected chi connectivity index (χ3v) is 4.31. The second-order valence-corrected chi connectivity index (χ2v) is 5.36. The zero-order chi connectivity index (χ0) is 9.52. The van der Waals surface area contributed by atoms with Crippen LogP contribution in [0, 0.1) is 17.3 Å². The van der Waals surface area contributed by atoms with Crippen LogP contribution in [0.1, 0.15) is 34.1 Å². The van der Waals surface area contributed by atoms with Gasteiger partial charge in [0, 0.05) is 0 Å². The lowest BCUT2D eigenvalue weighted by atomic mass is 9.64. The van der Waals surface area contributed by atoms with E-state index in [9.17, 15) is 5.11 Å². The fourth-order valence-corrected chi connectivity index (χ4v) is 2.48. The molecule has 0 aromatic rings. The lowest BCUT2D eigenvalue weighted by Gasteiger charge is -2.45. The van der Waals surface area contributed by atoms with Crippen molar-refractivity contribution in [2.45, 2.75) is 45.6 Å². The highest BCUT2D eigenvalue weighted by Gasteiger charge is 2.42. The summed E-state index contributed by atoms with van der Waals surface area (Å²) in [6.45, 7) is 8.78. The predicted octanol–water partition coefficient (Wildman–Crippen LogP) is 2.66. The Labute approximate surface area is 80.1 Å². The number of hydrogen-bond donors (Lipinski definition) is 1. The molecule has 4 atom stereocenters. The van der Waals surface area contributed by atoms with Crippen LogP contribution in [0.2, 0.25) is 0 Å². The van der Waals surface area contributed by atoms with Crippen LogP contribution >= 0.6 is 11.6 Å². The molecule has 1 rings (SSSR count). The minimum absolute atomic E-state index is 0.0620. The number of aliphatic hydroxyl groups excluding tert-OH is 1. The number of aliphatic hydroxyl groups is 1. The zero-order valence-electron chi connectivity index (χ0n) is 8.34. The molecular weight excluding hydrogens is 172 g/mol. The second kappa shape index (κ2) is 3.19. The van der Waals surface area contributed by atoms with Crippen LogP contribution in [0.25, 0.3) is 0 Å². The van der Waals surface area contributed by atoms with Gasteiger partial charge in [-0.05, 0) is 23.7 Å². The molecule has 1 fully saturated rings. The lowest BCUT2D eigenvalue weighted by molar-refractivity contribution is 0.000331. The Bertz CT molecular complexity index is 167. The van der Waals surface area contributed by atoms with Gasteiger partial charge in [0.15, 0.2) is 0 Å². The second-order valence-electron chi connectivity index (χ2n) is 4.85. The van der Waals surface area contributed by atoms with Gasteiger partial charge in [-0.25, -0.2) is 0 Å². The normalized spacial score (nSPS) is 47.5. The molecule has 0 aromatic heterocycles. The molecule has 1 saturated carbocycles. The summed E-state index contributed by atoms with van der Waals surface area (Å²) in [6, 6.07) is 0. The number of halogens is 1. The zero-order valence-corrected chi connectivity index (χ0v) is 9.10. The van der Waals surface area contributed by atoms with Crippen molar-refractivity contribution in [2.24, 2.45) is 17.3 Å². The smallest absolute Gasteiger partial charge is 0.0711 e. The fraction of sp³-hybridized carbons (Fsp3) is 1.00. The van der Waals surface area contributed by atoms with E-state index in [-0.39, 0.29) is 16.9 Å². The highest BCUT2D eigenvalue weighted by Crippen LogP contribution is 2.45. The fourth-order valence-electron chi connectivity index (χ4n) is 2.18. The lowest BCUT2D eigenvalue weighted by Crippen LogP contribution is -2.45. The van der Waals surface area contributed by atoms with Crippen LogP contribution in [0.5, 0.6) is 0 Å². The first-order valence-corrected chi connectivity index (χ1v) is 5.12. The highest BCUT2D eigenvalue weighted by atomic mass is 35.5. The van der Waals surface area contributed by atoms with Gasteiger partial charge < -0.3 is 5.11 Å². The molecular formula is C10H19ClO. The number of alkyl halides is 1. The van der Waals surface area contributed by atoms with E-state index in [1.165, 1.54) is 0 Å². The quantitative estimate of drug-likeness (QED) is 0.583. The van der Waals surface area contributed by atoms with Crippen molar-refractivity contribution in [1.82, 2.24) is 0 Å². The van der Waals surface area contributed by atoms with Crippen molar-refractivity contribution in [3.63, 3.8) is 0 Å². The first-order valence-electron chi connectivity index (χ1n) is 4.68. The summed E-state index contributed by atoms with van der Waals surface area (Å²) in [6.07, 6.45) is 0.500. The molecule has 1 N–H and O–H groups in total. The van der Waals surface area contributed by atoms with Gasteiger partial charge in [0.05, 0.1) is 11.5 Å². The molecule has 0 amide bonds. The van der Waals surface area contributed by atoms with Gasteiger partial charge in [-0.3, -0.25) is 0 Å². The third-order valence-electron chi connectivity index (χ3n) is 3.63. The van der Waals surface area contributed by atoms with Crippen molar-refractivity contribution in [3.05, 3.63) is 0 Å². The SMILES string of the molecule is CC1C(Cl)C(O)CC(C)(C)C1C. The van der Waals surface area contributed by atoms with Crippen molar-refractivity contribution in [3.8, 4) is 0 Å². The Morgan fingerprint density at radius 2 is 1.83 bits per heavy atom. The van der Waals surface area contributed by atoms with E-state index < -0.39 is 0 Å². The maximum absolute atomic E-state index is 9.67. The van der Waals surface area contributed by atoms with Crippen molar-refractivity contribution < 1.29 is 5.11 Å². The molecule has 0 aliphatic heterocycles. The van der Waals surface area contributed by atoms with E-state index in [1.54, 1.807) is 0 Å². The van der Waals surface area contributed by atoms with E-state index in [0.717, 1.165) is 6.42 Å². The van der Waals surface area contributed by atoms with Crippen LogP contribution in [-0.2, 0) is 0 Å². The monoisotopic (exact) mass is 190 g/mol. The largest absolute Gasteiger partial charge is 0.392 e. The molecule has 12 heavy (non-hydrogen) atoms. The Balaban J connectivity index is 2.78. The van der Waals surface area contributed by atoms with Gasteiger partial charge in [0.2, 0.25) is 0 Å². The molecule has 0 spiro atoms. The minimum Gasteiger partial charge on any atom is -0.392 e. The van der Waals surface area contributed by atoms with Gasteiger partial charge in [0.1, 0.15) is 0 Å². The Morgan fingerprint density at radius 3 is 2.33 bits per heavy atom. The molecule has 1 aliphatic carbocycles. The van der Waals surface area contributed by atoms with Crippen LogP contribution in [0.15, 0.2) is 0 Å². The molecule has 1 nitrogen and oxygen atoms in total. The van der Waals surface area contributed by atoms with Crippen LogP contribution in [0.3, 0.4) is 0 Å². The van der Waals surface area contributed by atoms with Crippen molar-refractivity contribution >= 4 is 11.6 Å². The van der Waals surface area contributed by atoms with Gasteiger partial charge in [-0.15, -0.1) is 11.6 Å². The average Bonchev–Trinajstić information content (AvgIpc) is 1.97. The van der Waals surface area contributed by atoms with Crippen molar-refractivity contribution in [2.75, 3.05) is 0 Å². The molecule has 0 bridgehead atoms. The molecule has 2 heteroatoms. The minimum atomic E-state index is -0.326. The molecule has 0 heterocycles. The highest BCUT2D eigenvalue weighted by molar-refractivity contribution is 6.21. The van der Waals surface area contributed by atoms with E-state index in [4.69, 9.17) is 11.6 Å². The Morgan fingerprint density at radius 1 is 1.33 bits per heavy atom. The standard InChI is InChI=1S/C10H19ClO/c1-6-7(2)10(3,4)5-8(12)9(6)11/h6-9,12H,5H2,1-4H3. The van der Waals surface area contributed by atoms with Crippen LogP contribution in [0.4, 0.5) is 0 Å². The topological polar surface area (TPSA) is 20.2 Å². The molecule has 0 saturated heterocycles. The average molecular weight is 191 g/mol. The number of hydrogen-bond acceptors (Lipinski definition) is 1. The van der Waals surface area contributed by atoms with E-state index >= 15 is 0 Å². The van der Waals surface area contributed by atoms with E-state index in [1.807, 2.05) is 0 Å². The molecule has 0 aromatic carbocycles. The summed E-state index contributed by atoms with van der Waals surface area (Å²) in [5.74, 6) is 0.994. The summed E-state index contributed by atoms with van der Waals surface area (Å²) in [5, 5.41) is 9.61. The van der Waals surface area contributed by atoms with Crippen LogP contribution in [-0.4, -0.2) is 16.6 Å². The van der Waals surface area contributed by atoms with Gasteiger partial charge in [-0.1, -0.05) is 27.7 Å². The molecule has 72 valence electrons. The molecule has 0 radical (unpaired) electrons. The predicted molar refractivity (Wildman–Crippen MR) is 52.4 cm³/mol. The van der Waals surface area contributed by atoms with E-state index in [0.29, 0.717) is 11.8 Å². The van der Waals surface area contributed by atoms with Crippen molar-refractivity contribution in [1.29, 1.82) is 0 Å². The van der Waals surface area contributed by atoms with Gasteiger partial charge in [0.25, 0.3) is 0 Å². The van der Waals surface area contributed by atoms with Gasteiger partial charge in [-0.2, -0.15) is 0 Å². The first kappa shape index (κ1) is 10.3.